The minimum atomic E-state index is -0.533. The molecule has 1 unspecified atom stereocenters. The highest BCUT2D eigenvalue weighted by Gasteiger charge is 2.22. The van der Waals surface area contributed by atoms with E-state index in [2.05, 4.69) is 0 Å². The number of halogens is 2. The minimum Gasteiger partial charge on any atom is -0.321 e. The van der Waals surface area contributed by atoms with E-state index in [9.17, 15) is 4.39 Å². The summed E-state index contributed by atoms with van der Waals surface area (Å²) in [6.45, 7) is 3.91. The van der Waals surface area contributed by atoms with Crippen LogP contribution in [0.25, 0.3) is 0 Å². The summed E-state index contributed by atoms with van der Waals surface area (Å²) >= 11 is 6.14. The van der Waals surface area contributed by atoms with Crippen molar-refractivity contribution in [3.8, 4) is 0 Å². The lowest BCUT2D eigenvalue weighted by Crippen LogP contribution is -2.35. The average Bonchev–Trinajstić information content (AvgIpc) is 2.35. The Morgan fingerprint density at radius 3 is 2.37 bits per heavy atom. The van der Waals surface area contributed by atoms with Crippen molar-refractivity contribution in [3.63, 3.8) is 0 Å². The van der Waals surface area contributed by atoms with Gasteiger partial charge in [-0.3, -0.25) is 0 Å². The zero-order valence-electron chi connectivity index (χ0n) is 11.1. The predicted octanol–water partition coefficient (Wildman–Crippen LogP) is 4.20. The van der Waals surface area contributed by atoms with Crippen LogP contribution in [-0.2, 0) is 12.0 Å². The molecule has 2 N–H and O–H groups in total. The van der Waals surface area contributed by atoms with Gasteiger partial charge in [0.2, 0.25) is 0 Å². The molecule has 100 valence electrons. The number of nitrogens with two attached hydrogens (primary N) is 1. The monoisotopic (exact) mass is 277 g/mol. The van der Waals surface area contributed by atoms with Crippen LogP contribution in [0.3, 0.4) is 0 Å². The third-order valence-electron chi connectivity index (χ3n) is 3.32. The van der Waals surface area contributed by atoms with Gasteiger partial charge in [0.05, 0.1) is 0 Å². The molecular weight excluding hydrogens is 261 g/mol. The molecule has 0 spiro atoms. The summed E-state index contributed by atoms with van der Waals surface area (Å²) in [6, 6.07) is 12.3. The highest BCUT2D eigenvalue weighted by atomic mass is 35.5. The normalized spacial score (nSPS) is 14.2. The van der Waals surface area contributed by atoms with Crippen LogP contribution in [-0.4, -0.2) is 0 Å². The van der Waals surface area contributed by atoms with Gasteiger partial charge in [0.25, 0.3) is 0 Å². The van der Waals surface area contributed by atoms with Crippen molar-refractivity contribution in [3.05, 3.63) is 70.0 Å². The summed E-state index contributed by atoms with van der Waals surface area (Å²) in [7, 11) is 0. The highest BCUT2D eigenvalue weighted by molar-refractivity contribution is 6.31. The first-order chi connectivity index (χ1) is 8.88. The minimum absolute atomic E-state index is 0.235. The van der Waals surface area contributed by atoms with Crippen molar-refractivity contribution in [2.75, 3.05) is 0 Å². The molecule has 2 aromatic carbocycles. The zero-order chi connectivity index (χ0) is 14.0. The molecule has 0 saturated heterocycles. The Bertz CT molecular complexity index is 576. The molecule has 19 heavy (non-hydrogen) atoms. The first-order valence-electron chi connectivity index (χ1n) is 6.18. The van der Waals surface area contributed by atoms with Crippen molar-refractivity contribution in [2.45, 2.75) is 25.8 Å². The largest absolute Gasteiger partial charge is 0.321 e. The van der Waals surface area contributed by atoms with Gasteiger partial charge in [-0.2, -0.15) is 0 Å². The van der Waals surface area contributed by atoms with Crippen LogP contribution >= 0.6 is 11.6 Å². The fraction of sp³-hybridized carbons (Fsp3) is 0.250. The molecule has 0 aliphatic carbocycles. The lowest BCUT2D eigenvalue weighted by molar-refractivity contribution is 0.490. The fourth-order valence-corrected chi connectivity index (χ4v) is 2.26. The molecule has 0 radical (unpaired) electrons. The quantitative estimate of drug-likeness (QED) is 0.894. The molecule has 0 amide bonds. The second kappa shape index (κ2) is 5.32. The summed E-state index contributed by atoms with van der Waals surface area (Å²) in [6.07, 6.45) is 0.632. The highest BCUT2D eigenvalue weighted by Crippen LogP contribution is 2.27. The van der Waals surface area contributed by atoms with Crippen LogP contribution in [0, 0.1) is 12.7 Å². The maximum absolute atomic E-state index is 12.9. The van der Waals surface area contributed by atoms with Crippen LogP contribution in [0.2, 0.25) is 5.02 Å². The number of rotatable bonds is 3. The first-order valence-corrected chi connectivity index (χ1v) is 6.56. The van der Waals surface area contributed by atoms with E-state index in [0.29, 0.717) is 11.4 Å². The summed E-state index contributed by atoms with van der Waals surface area (Å²) in [5, 5.41) is 0.716. The molecule has 0 aliphatic heterocycles. The number of aryl methyl sites for hydroxylation is 1. The zero-order valence-corrected chi connectivity index (χ0v) is 11.8. The molecule has 0 saturated carbocycles. The number of hydrogen-bond donors (Lipinski definition) is 1. The maximum atomic E-state index is 12.9. The third-order valence-corrected chi connectivity index (χ3v) is 3.72. The van der Waals surface area contributed by atoms with Crippen molar-refractivity contribution in [2.24, 2.45) is 5.73 Å². The summed E-state index contributed by atoms with van der Waals surface area (Å²) in [5.41, 5.74) is 8.85. The van der Waals surface area contributed by atoms with Crippen LogP contribution < -0.4 is 5.73 Å². The molecule has 2 aromatic rings. The lowest BCUT2D eigenvalue weighted by atomic mass is 9.86. The van der Waals surface area contributed by atoms with Gasteiger partial charge in [-0.15, -0.1) is 0 Å². The second-order valence-electron chi connectivity index (χ2n) is 5.18. The summed E-state index contributed by atoms with van der Waals surface area (Å²) < 4.78 is 12.9. The van der Waals surface area contributed by atoms with Crippen molar-refractivity contribution in [1.82, 2.24) is 0 Å². The van der Waals surface area contributed by atoms with Gasteiger partial charge in [0.15, 0.2) is 0 Å². The van der Waals surface area contributed by atoms with Gasteiger partial charge >= 0.3 is 0 Å². The van der Waals surface area contributed by atoms with Crippen molar-refractivity contribution < 1.29 is 4.39 Å². The smallest absolute Gasteiger partial charge is 0.123 e. The van der Waals surface area contributed by atoms with E-state index >= 15 is 0 Å². The number of benzene rings is 2. The van der Waals surface area contributed by atoms with E-state index < -0.39 is 5.54 Å². The fourth-order valence-electron chi connectivity index (χ4n) is 2.08. The van der Waals surface area contributed by atoms with E-state index in [0.717, 1.165) is 16.7 Å². The molecule has 0 heterocycles. The van der Waals surface area contributed by atoms with Gasteiger partial charge in [-0.05, 0) is 55.2 Å². The molecule has 0 aromatic heterocycles. The van der Waals surface area contributed by atoms with Gasteiger partial charge in [0, 0.05) is 10.6 Å². The van der Waals surface area contributed by atoms with Crippen molar-refractivity contribution in [1.29, 1.82) is 0 Å². The van der Waals surface area contributed by atoms with E-state index in [-0.39, 0.29) is 5.82 Å². The Hall–Kier alpha value is -1.38. The Morgan fingerprint density at radius 1 is 1.16 bits per heavy atom. The third kappa shape index (κ3) is 3.34. The topological polar surface area (TPSA) is 26.0 Å². The van der Waals surface area contributed by atoms with E-state index in [1.807, 2.05) is 32.0 Å². The summed E-state index contributed by atoms with van der Waals surface area (Å²) in [4.78, 5) is 0. The predicted molar refractivity (Wildman–Crippen MR) is 77.8 cm³/mol. The van der Waals surface area contributed by atoms with E-state index in [1.54, 1.807) is 12.1 Å². The van der Waals surface area contributed by atoms with Crippen LogP contribution in [0.4, 0.5) is 4.39 Å². The molecule has 2 rings (SSSR count). The second-order valence-corrected chi connectivity index (χ2v) is 5.59. The SMILES string of the molecule is Cc1ccc(C(C)(N)Cc2ccc(F)cc2)cc1Cl. The Balaban J connectivity index is 2.26. The average molecular weight is 278 g/mol. The van der Waals surface area contributed by atoms with Crippen LogP contribution in [0.1, 0.15) is 23.6 Å². The standard InChI is InChI=1S/C16H17ClFN/c1-11-3-6-13(9-15(11)17)16(2,19)10-12-4-7-14(18)8-5-12/h3-9H,10,19H2,1-2H3. The van der Waals surface area contributed by atoms with Gasteiger partial charge < -0.3 is 5.73 Å². The molecule has 0 fully saturated rings. The molecule has 3 heteroatoms. The van der Waals surface area contributed by atoms with Gasteiger partial charge in [-0.1, -0.05) is 35.9 Å². The van der Waals surface area contributed by atoms with Gasteiger partial charge in [0.1, 0.15) is 5.82 Å². The lowest BCUT2D eigenvalue weighted by Gasteiger charge is -2.26. The van der Waals surface area contributed by atoms with E-state index in [1.165, 1.54) is 12.1 Å². The van der Waals surface area contributed by atoms with Crippen LogP contribution in [0.5, 0.6) is 0 Å². The van der Waals surface area contributed by atoms with E-state index in [4.69, 9.17) is 17.3 Å². The summed E-state index contributed by atoms with van der Waals surface area (Å²) in [5.74, 6) is -0.235. The molecule has 1 atom stereocenters. The van der Waals surface area contributed by atoms with Gasteiger partial charge in [-0.25, -0.2) is 4.39 Å². The molecule has 0 aliphatic rings. The van der Waals surface area contributed by atoms with Crippen molar-refractivity contribution >= 4 is 11.6 Å². The molecule has 0 bridgehead atoms. The van der Waals surface area contributed by atoms with Crippen LogP contribution in [0.15, 0.2) is 42.5 Å². The Morgan fingerprint density at radius 2 is 1.79 bits per heavy atom. The Kier molecular flexibility index (Phi) is 3.93. The first kappa shape index (κ1) is 14.0. The Labute approximate surface area is 118 Å². The molecule has 1 nitrogen and oxygen atoms in total. The number of hydrogen-bond acceptors (Lipinski definition) is 1. The molecular formula is C16H17ClFN. The maximum Gasteiger partial charge on any atom is 0.123 e.